The second kappa shape index (κ2) is 12.5. The monoisotopic (exact) mass is 568 g/mol. The van der Waals surface area contributed by atoms with Crippen molar-refractivity contribution in [3.8, 4) is 0 Å². The summed E-state index contributed by atoms with van der Waals surface area (Å²) in [7, 11) is -1.71. The van der Waals surface area contributed by atoms with Gasteiger partial charge in [0, 0.05) is 0 Å². The van der Waals surface area contributed by atoms with Crippen LogP contribution >= 0.6 is 0 Å². The summed E-state index contributed by atoms with van der Waals surface area (Å²) in [5.41, 5.74) is 17.3. The molecule has 30 heavy (non-hydrogen) atoms. The second-order valence-corrected chi connectivity index (χ2v) is 21.7. The van der Waals surface area contributed by atoms with Crippen LogP contribution in [0.4, 0.5) is 0 Å². The molecule has 0 aliphatic carbocycles. The van der Waals surface area contributed by atoms with E-state index >= 15 is 0 Å². The summed E-state index contributed by atoms with van der Waals surface area (Å²) in [6.45, 7) is 36.4. The molecule has 0 saturated carbocycles. The molecule has 0 nitrogen and oxygen atoms in total. The largest absolute Gasteiger partial charge is 3.00 e. The molecular formula is C27H49LaSi2. The molecular weight excluding hydrogens is 519 g/mol. The van der Waals surface area contributed by atoms with Gasteiger partial charge in [0.25, 0.3) is 0 Å². The Morgan fingerprint density at radius 2 is 0.633 bits per heavy atom. The Morgan fingerprint density at radius 3 is 0.667 bits per heavy atom. The van der Waals surface area contributed by atoms with Gasteiger partial charge in [0.1, 0.15) is 0 Å². The summed E-state index contributed by atoms with van der Waals surface area (Å²) in [5.74, 6) is 0. The predicted molar refractivity (Wildman–Crippen MR) is 142 cm³/mol. The molecule has 2 aromatic carbocycles. The van der Waals surface area contributed by atoms with Crippen LogP contribution in [0.2, 0.25) is 39.3 Å². The zero-order valence-electron chi connectivity index (χ0n) is 23.2. The maximum Gasteiger partial charge on any atom is 3.00 e. The molecule has 0 spiro atoms. The van der Waals surface area contributed by atoms with E-state index in [2.05, 4.69) is 114 Å². The molecule has 0 aliphatic rings. The van der Waals surface area contributed by atoms with E-state index in [1.165, 1.54) is 55.6 Å². The van der Waals surface area contributed by atoms with Crippen molar-refractivity contribution in [2.75, 3.05) is 0 Å². The average Bonchev–Trinajstić information content (AvgIpc) is 2.83. The zero-order valence-corrected chi connectivity index (χ0v) is 28.8. The first-order valence-electron chi connectivity index (χ1n) is 11.1. The standard InChI is InChI=1S/2C10H15.C7H19Si2.La/c2*1-6-7(2)9(4)10(5)8(6)3;1-8(2,3)7-9(4,5)6;/h2*1-5H3;7H,1-6H3;/q3*-1;+3. The van der Waals surface area contributed by atoms with Gasteiger partial charge in [0.15, 0.2) is 0 Å². The summed E-state index contributed by atoms with van der Waals surface area (Å²) < 4.78 is 0. The first-order valence-corrected chi connectivity index (χ1v) is 18.2. The van der Waals surface area contributed by atoms with Gasteiger partial charge >= 0.3 is 35.6 Å². The summed E-state index contributed by atoms with van der Waals surface area (Å²) >= 11 is 0. The maximum atomic E-state index is 2.65. The van der Waals surface area contributed by atoms with Gasteiger partial charge in [-0.3, -0.25) is 0 Å². The predicted octanol–water partition coefficient (Wildman–Crippen LogP) is 8.84. The average molecular weight is 569 g/mol. The molecule has 0 amide bonds. The van der Waals surface area contributed by atoms with Gasteiger partial charge in [-0.15, -0.1) is 16.1 Å². The van der Waals surface area contributed by atoms with Crippen molar-refractivity contribution in [2.24, 2.45) is 0 Å². The van der Waals surface area contributed by atoms with E-state index in [4.69, 9.17) is 0 Å². The van der Waals surface area contributed by atoms with Crippen molar-refractivity contribution in [1.29, 1.82) is 0 Å². The fourth-order valence-corrected chi connectivity index (χ4v) is 14.5. The van der Waals surface area contributed by atoms with Crippen LogP contribution in [-0.4, -0.2) is 16.1 Å². The Bertz CT molecular complexity index is 577. The van der Waals surface area contributed by atoms with E-state index < -0.39 is 16.1 Å². The van der Waals surface area contributed by atoms with Gasteiger partial charge in [0.2, 0.25) is 0 Å². The molecule has 2 aromatic rings. The minimum Gasteiger partial charge on any atom is -0.327 e. The Morgan fingerprint density at radius 1 is 0.467 bits per heavy atom. The van der Waals surface area contributed by atoms with Crippen LogP contribution < -0.4 is 0 Å². The van der Waals surface area contributed by atoms with Gasteiger partial charge < -0.3 is 5.67 Å². The van der Waals surface area contributed by atoms with E-state index in [1.54, 1.807) is 0 Å². The third kappa shape index (κ3) is 9.86. The number of hydrogen-bond donors (Lipinski definition) is 0. The SMILES string of the molecule is C[Si](C)(C)[CH-][Si](C)(C)C.Cc1c(C)c(C)[c-](C)c1C.Cc1c(C)c(C)[c-](C)c1C.[La+3]. The summed E-state index contributed by atoms with van der Waals surface area (Å²) in [5, 5.41) is 0. The molecule has 0 N–H and O–H groups in total. The van der Waals surface area contributed by atoms with Crippen LogP contribution in [0, 0.1) is 111 Å². The van der Waals surface area contributed by atoms with Gasteiger partial charge in [0.05, 0.1) is 0 Å². The smallest absolute Gasteiger partial charge is 0.327 e. The van der Waals surface area contributed by atoms with E-state index in [1.807, 2.05) is 0 Å². The van der Waals surface area contributed by atoms with Gasteiger partial charge in [-0.1, -0.05) is 109 Å². The molecule has 0 unspecified atom stereocenters. The first-order chi connectivity index (χ1) is 12.8. The third-order valence-corrected chi connectivity index (χ3v) is 13.4. The molecule has 0 aliphatic heterocycles. The Hall–Kier alpha value is 0.329. The van der Waals surface area contributed by atoms with E-state index in [0.717, 1.165) is 0 Å². The fraction of sp³-hybridized carbons (Fsp3) is 0.593. The van der Waals surface area contributed by atoms with Crippen LogP contribution in [0.25, 0.3) is 0 Å². The van der Waals surface area contributed by atoms with Crippen molar-refractivity contribution in [3.05, 3.63) is 61.3 Å². The Balaban J connectivity index is 0. The van der Waals surface area contributed by atoms with Gasteiger partial charge in [-0.25, -0.2) is 0 Å². The molecule has 0 bridgehead atoms. The summed E-state index contributed by atoms with van der Waals surface area (Å²) in [4.78, 5) is 0. The molecule has 0 fully saturated rings. The minimum absolute atomic E-state index is 0. The molecule has 2 rings (SSSR count). The van der Waals surface area contributed by atoms with E-state index in [0.29, 0.717) is 0 Å². The van der Waals surface area contributed by atoms with E-state index in [9.17, 15) is 0 Å². The van der Waals surface area contributed by atoms with E-state index in [-0.39, 0.29) is 35.6 Å². The van der Waals surface area contributed by atoms with Gasteiger partial charge in [-0.2, -0.15) is 55.6 Å². The molecule has 3 heteroatoms. The fourth-order valence-electron chi connectivity index (χ4n) is 4.11. The van der Waals surface area contributed by atoms with Gasteiger partial charge in [-0.05, 0) is 0 Å². The molecule has 0 atom stereocenters. The summed E-state index contributed by atoms with van der Waals surface area (Å²) in [6, 6.07) is 0. The first kappa shape index (κ1) is 32.5. The Labute approximate surface area is 220 Å². The van der Waals surface area contributed by atoms with Crippen molar-refractivity contribution >= 4 is 16.1 Å². The number of hydrogen-bond acceptors (Lipinski definition) is 0. The quantitative estimate of drug-likeness (QED) is 0.251. The molecule has 0 aromatic heterocycles. The minimum atomic E-state index is -0.856. The normalized spacial score (nSPS) is 11.2. The van der Waals surface area contributed by atoms with Crippen LogP contribution in [0.3, 0.4) is 0 Å². The van der Waals surface area contributed by atoms with Crippen molar-refractivity contribution in [1.82, 2.24) is 0 Å². The summed E-state index contributed by atoms with van der Waals surface area (Å²) in [6.07, 6.45) is 0. The maximum absolute atomic E-state index is 2.65. The molecule has 0 saturated heterocycles. The van der Waals surface area contributed by atoms with Crippen molar-refractivity contribution in [3.63, 3.8) is 0 Å². The van der Waals surface area contributed by atoms with Crippen LogP contribution in [-0.2, 0) is 0 Å². The molecule has 0 radical (unpaired) electrons. The third-order valence-electron chi connectivity index (χ3n) is 6.49. The molecule has 0 heterocycles. The zero-order chi connectivity index (χ0) is 23.5. The van der Waals surface area contributed by atoms with Crippen LogP contribution in [0.5, 0.6) is 0 Å². The molecule has 168 valence electrons. The topological polar surface area (TPSA) is 0 Å². The van der Waals surface area contributed by atoms with Crippen molar-refractivity contribution in [2.45, 2.75) is 109 Å². The Kier molecular flexibility index (Phi) is 13.6. The van der Waals surface area contributed by atoms with Crippen molar-refractivity contribution < 1.29 is 35.6 Å². The van der Waals surface area contributed by atoms with Crippen LogP contribution in [0.1, 0.15) is 55.6 Å². The second-order valence-electron chi connectivity index (χ2n) is 11.1. The van der Waals surface area contributed by atoms with Crippen LogP contribution in [0.15, 0.2) is 0 Å². The number of rotatable bonds is 2.